The van der Waals surface area contributed by atoms with Crippen LogP contribution < -0.4 is 10.6 Å². The summed E-state index contributed by atoms with van der Waals surface area (Å²) in [6.07, 6.45) is 2.67. The molecule has 2 aromatic rings. The van der Waals surface area contributed by atoms with Crippen molar-refractivity contribution in [2.45, 2.75) is 13.3 Å². The Bertz CT molecular complexity index is 533. The molecule has 0 saturated carbocycles. The SMILES string of the molecule is CCC(CNC)C(=O)Nc1c[nH]c2ccccc12. The molecule has 0 spiro atoms. The number of H-pyrrole nitrogens is 1. The first-order valence-corrected chi connectivity index (χ1v) is 6.27. The molecule has 1 heterocycles. The molecule has 4 heteroatoms. The number of fused-ring (bicyclic) bond motifs is 1. The average Bonchev–Trinajstić information content (AvgIpc) is 2.79. The number of hydrogen-bond donors (Lipinski definition) is 3. The maximum atomic E-state index is 12.1. The van der Waals surface area contributed by atoms with Gasteiger partial charge in [-0.2, -0.15) is 0 Å². The quantitative estimate of drug-likeness (QED) is 0.757. The smallest absolute Gasteiger partial charge is 0.228 e. The molecule has 1 atom stereocenters. The molecular weight excluding hydrogens is 226 g/mol. The topological polar surface area (TPSA) is 56.9 Å². The maximum Gasteiger partial charge on any atom is 0.228 e. The number of aromatic nitrogens is 1. The van der Waals surface area contributed by atoms with E-state index < -0.39 is 0 Å². The zero-order valence-electron chi connectivity index (χ0n) is 10.8. The Morgan fingerprint density at radius 3 is 2.89 bits per heavy atom. The van der Waals surface area contributed by atoms with Crippen LogP contribution in [0.2, 0.25) is 0 Å². The van der Waals surface area contributed by atoms with Crippen LogP contribution in [-0.4, -0.2) is 24.5 Å². The van der Waals surface area contributed by atoms with Gasteiger partial charge in [-0.1, -0.05) is 25.1 Å². The van der Waals surface area contributed by atoms with E-state index in [2.05, 4.69) is 15.6 Å². The van der Waals surface area contributed by atoms with Crippen LogP contribution in [0.15, 0.2) is 30.5 Å². The van der Waals surface area contributed by atoms with E-state index >= 15 is 0 Å². The van der Waals surface area contributed by atoms with Crippen molar-refractivity contribution in [3.63, 3.8) is 0 Å². The van der Waals surface area contributed by atoms with Crippen molar-refractivity contribution in [3.05, 3.63) is 30.5 Å². The Morgan fingerprint density at radius 2 is 2.17 bits per heavy atom. The van der Waals surface area contributed by atoms with E-state index in [9.17, 15) is 4.79 Å². The van der Waals surface area contributed by atoms with Gasteiger partial charge in [0.15, 0.2) is 0 Å². The van der Waals surface area contributed by atoms with Crippen molar-refractivity contribution in [3.8, 4) is 0 Å². The third-order valence-electron chi connectivity index (χ3n) is 3.16. The lowest BCUT2D eigenvalue weighted by atomic mass is 10.1. The first kappa shape index (κ1) is 12.6. The fourth-order valence-corrected chi connectivity index (χ4v) is 2.08. The lowest BCUT2D eigenvalue weighted by molar-refractivity contribution is -0.119. The molecule has 1 aromatic carbocycles. The van der Waals surface area contributed by atoms with Crippen LogP contribution >= 0.6 is 0 Å². The number of carbonyl (C=O) groups excluding carboxylic acids is 1. The van der Waals surface area contributed by atoms with E-state index in [1.165, 1.54) is 0 Å². The van der Waals surface area contributed by atoms with E-state index in [1.54, 1.807) is 0 Å². The molecule has 0 aliphatic rings. The molecule has 1 aromatic heterocycles. The molecule has 2 rings (SSSR count). The molecular formula is C14H19N3O. The highest BCUT2D eigenvalue weighted by molar-refractivity contribution is 6.02. The second kappa shape index (κ2) is 5.69. The molecule has 0 fully saturated rings. The minimum atomic E-state index is 0.00339. The number of amides is 1. The van der Waals surface area contributed by atoms with Gasteiger partial charge in [-0.25, -0.2) is 0 Å². The fraction of sp³-hybridized carbons (Fsp3) is 0.357. The molecule has 1 amide bonds. The van der Waals surface area contributed by atoms with E-state index in [0.29, 0.717) is 6.54 Å². The molecule has 96 valence electrons. The third kappa shape index (κ3) is 2.54. The zero-order valence-corrected chi connectivity index (χ0v) is 10.8. The van der Waals surface area contributed by atoms with Gasteiger partial charge in [0.05, 0.1) is 11.6 Å². The van der Waals surface area contributed by atoms with Crippen LogP contribution in [0.4, 0.5) is 5.69 Å². The summed E-state index contributed by atoms with van der Waals surface area (Å²) in [5, 5.41) is 7.08. The summed E-state index contributed by atoms with van der Waals surface area (Å²) in [7, 11) is 1.86. The minimum Gasteiger partial charge on any atom is -0.359 e. The van der Waals surface area contributed by atoms with Crippen molar-refractivity contribution >= 4 is 22.5 Å². The van der Waals surface area contributed by atoms with Crippen LogP contribution in [0.1, 0.15) is 13.3 Å². The monoisotopic (exact) mass is 245 g/mol. The van der Waals surface area contributed by atoms with Crippen molar-refractivity contribution in [2.24, 2.45) is 5.92 Å². The van der Waals surface area contributed by atoms with Crippen LogP contribution in [0.25, 0.3) is 10.9 Å². The van der Waals surface area contributed by atoms with Gasteiger partial charge < -0.3 is 15.6 Å². The molecule has 3 N–H and O–H groups in total. The average molecular weight is 245 g/mol. The lowest BCUT2D eigenvalue weighted by Crippen LogP contribution is -2.30. The van der Waals surface area contributed by atoms with Gasteiger partial charge in [0.1, 0.15) is 0 Å². The zero-order chi connectivity index (χ0) is 13.0. The number of hydrogen-bond acceptors (Lipinski definition) is 2. The van der Waals surface area contributed by atoms with Crippen molar-refractivity contribution in [1.82, 2.24) is 10.3 Å². The molecule has 4 nitrogen and oxygen atoms in total. The predicted octanol–water partition coefficient (Wildman–Crippen LogP) is 2.35. The second-order valence-corrected chi connectivity index (χ2v) is 4.40. The summed E-state index contributed by atoms with van der Waals surface area (Å²) < 4.78 is 0. The molecule has 0 saturated heterocycles. The molecule has 0 aliphatic carbocycles. The number of anilines is 1. The largest absolute Gasteiger partial charge is 0.359 e. The standard InChI is InChI=1S/C14H19N3O/c1-3-10(8-15-2)14(18)17-13-9-16-12-7-5-4-6-11(12)13/h4-7,9-10,15-16H,3,8H2,1-2H3,(H,17,18). The normalized spacial score (nSPS) is 12.6. The van der Waals surface area contributed by atoms with Gasteiger partial charge in [0, 0.05) is 23.6 Å². The summed E-state index contributed by atoms with van der Waals surface area (Å²) in [5.74, 6) is 0.0697. The Labute approximate surface area is 107 Å². The Hall–Kier alpha value is -1.81. The van der Waals surface area contributed by atoms with Crippen molar-refractivity contribution < 1.29 is 4.79 Å². The van der Waals surface area contributed by atoms with Gasteiger partial charge in [-0.05, 0) is 19.5 Å². The molecule has 1 unspecified atom stereocenters. The first-order chi connectivity index (χ1) is 8.76. The molecule has 0 bridgehead atoms. The number of benzene rings is 1. The third-order valence-corrected chi connectivity index (χ3v) is 3.16. The van der Waals surface area contributed by atoms with Crippen LogP contribution in [0, 0.1) is 5.92 Å². The lowest BCUT2D eigenvalue weighted by Gasteiger charge is -2.13. The predicted molar refractivity (Wildman–Crippen MR) is 74.6 cm³/mol. The van der Waals surface area contributed by atoms with E-state index in [0.717, 1.165) is 23.0 Å². The summed E-state index contributed by atoms with van der Waals surface area (Å²) in [6, 6.07) is 7.94. The van der Waals surface area contributed by atoms with Crippen molar-refractivity contribution in [1.29, 1.82) is 0 Å². The Morgan fingerprint density at radius 1 is 1.39 bits per heavy atom. The number of carbonyl (C=O) groups is 1. The maximum absolute atomic E-state index is 12.1. The van der Waals surface area contributed by atoms with Crippen LogP contribution in [0.3, 0.4) is 0 Å². The summed E-state index contributed by atoms with van der Waals surface area (Å²) in [5.41, 5.74) is 1.89. The first-order valence-electron chi connectivity index (χ1n) is 6.27. The molecule has 18 heavy (non-hydrogen) atoms. The highest BCUT2D eigenvalue weighted by atomic mass is 16.1. The van der Waals surface area contributed by atoms with Gasteiger partial charge in [-0.15, -0.1) is 0 Å². The Kier molecular flexibility index (Phi) is 3.99. The number of nitrogens with one attached hydrogen (secondary N) is 3. The number of para-hydroxylation sites is 1. The molecule has 0 aliphatic heterocycles. The van der Waals surface area contributed by atoms with Gasteiger partial charge in [0.2, 0.25) is 5.91 Å². The van der Waals surface area contributed by atoms with E-state index in [4.69, 9.17) is 0 Å². The van der Waals surface area contributed by atoms with Crippen LogP contribution in [0.5, 0.6) is 0 Å². The van der Waals surface area contributed by atoms with Gasteiger partial charge in [0.25, 0.3) is 0 Å². The van der Waals surface area contributed by atoms with Crippen molar-refractivity contribution in [2.75, 3.05) is 18.9 Å². The van der Waals surface area contributed by atoms with E-state index in [1.807, 2.05) is 44.4 Å². The van der Waals surface area contributed by atoms with Gasteiger partial charge >= 0.3 is 0 Å². The second-order valence-electron chi connectivity index (χ2n) is 4.40. The number of aromatic amines is 1. The van der Waals surface area contributed by atoms with Crippen LogP contribution in [-0.2, 0) is 4.79 Å². The highest BCUT2D eigenvalue weighted by Crippen LogP contribution is 2.23. The fourth-order valence-electron chi connectivity index (χ4n) is 2.08. The summed E-state index contributed by atoms with van der Waals surface area (Å²) in [4.78, 5) is 15.3. The number of rotatable bonds is 5. The molecule has 0 radical (unpaired) electrons. The minimum absolute atomic E-state index is 0.00339. The van der Waals surface area contributed by atoms with Gasteiger partial charge in [-0.3, -0.25) is 4.79 Å². The highest BCUT2D eigenvalue weighted by Gasteiger charge is 2.16. The van der Waals surface area contributed by atoms with E-state index in [-0.39, 0.29) is 11.8 Å². The summed E-state index contributed by atoms with van der Waals surface area (Å²) in [6.45, 7) is 2.72. The Balaban J connectivity index is 2.16. The summed E-state index contributed by atoms with van der Waals surface area (Å²) >= 11 is 0.